The lowest BCUT2D eigenvalue weighted by Crippen LogP contribution is -2.58. The Balaban J connectivity index is 1.06. The SMILES string of the molecule is CCC(C)(C)C(=O)OC1C2CC3CC1CC(C(=O)OC(C)OCC14CC5CC(CC(C5)C1)C4)(C3)C2. The molecule has 0 aromatic carbocycles. The monoisotopic (exact) mass is 486 g/mol. The highest BCUT2D eigenvalue weighted by Gasteiger charge is 2.61. The van der Waals surface area contributed by atoms with Gasteiger partial charge in [-0.25, -0.2) is 0 Å². The first-order valence-electron chi connectivity index (χ1n) is 14.6. The molecule has 8 fully saturated rings. The van der Waals surface area contributed by atoms with E-state index in [0.29, 0.717) is 11.3 Å². The van der Waals surface area contributed by atoms with Crippen molar-refractivity contribution in [2.24, 2.45) is 51.8 Å². The van der Waals surface area contributed by atoms with Crippen LogP contribution in [0.25, 0.3) is 0 Å². The van der Waals surface area contributed by atoms with Gasteiger partial charge in [-0.1, -0.05) is 6.92 Å². The number of rotatable bonds is 8. The van der Waals surface area contributed by atoms with E-state index < -0.39 is 17.1 Å². The molecule has 35 heavy (non-hydrogen) atoms. The van der Waals surface area contributed by atoms with Crippen molar-refractivity contribution in [3.63, 3.8) is 0 Å². The molecule has 196 valence electrons. The van der Waals surface area contributed by atoms with Crippen molar-refractivity contribution in [2.75, 3.05) is 6.61 Å². The summed E-state index contributed by atoms with van der Waals surface area (Å²) in [6.07, 6.45) is 13.2. The van der Waals surface area contributed by atoms with Gasteiger partial charge in [-0.2, -0.15) is 0 Å². The molecule has 8 aliphatic rings. The van der Waals surface area contributed by atoms with E-state index in [0.717, 1.165) is 62.9 Å². The van der Waals surface area contributed by atoms with Gasteiger partial charge in [0.2, 0.25) is 0 Å². The fourth-order valence-corrected chi connectivity index (χ4v) is 9.92. The fourth-order valence-electron chi connectivity index (χ4n) is 9.92. The average Bonchev–Trinajstić information content (AvgIpc) is 2.78. The van der Waals surface area contributed by atoms with Gasteiger partial charge in [-0.05, 0) is 139 Å². The van der Waals surface area contributed by atoms with Gasteiger partial charge in [-0.3, -0.25) is 9.59 Å². The molecule has 5 nitrogen and oxygen atoms in total. The highest BCUT2D eigenvalue weighted by molar-refractivity contribution is 5.78. The summed E-state index contributed by atoms with van der Waals surface area (Å²) in [4.78, 5) is 26.4. The zero-order valence-corrected chi connectivity index (χ0v) is 22.4. The van der Waals surface area contributed by atoms with Crippen LogP contribution in [0, 0.1) is 51.8 Å². The summed E-state index contributed by atoms with van der Waals surface area (Å²) in [5.41, 5.74) is -0.522. The Morgan fingerprint density at radius 3 is 1.94 bits per heavy atom. The number of hydrogen-bond acceptors (Lipinski definition) is 5. The minimum absolute atomic E-state index is 0.0319. The topological polar surface area (TPSA) is 61.8 Å². The molecule has 0 spiro atoms. The van der Waals surface area contributed by atoms with Gasteiger partial charge < -0.3 is 14.2 Å². The predicted octanol–water partition coefficient (Wildman–Crippen LogP) is 6.28. The second-order valence-corrected chi connectivity index (χ2v) is 14.6. The van der Waals surface area contributed by atoms with Crippen LogP contribution in [-0.4, -0.2) is 30.9 Å². The molecule has 3 unspecified atom stereocenters. The smallest absolute Gasteiger partial charge is 0.314 e. The van der Waals surface area contributed by atoms with Crippen molar-refractivity contribution in [1.29, 1.82) is 0 Å². The van der Waals surface area contributed by atoms with Crippen LogP contribution in [0.3, 0.4) is 0 Å². The van der Waals surface area contributed by atoms with Crippen LogP contribution in [0.5, 0.6) is 0 Å². The Morgan fingerprint density at radius 2 is 1.40 bits per heavy atom. The lowest BCUT2D eigenvalue weighted by molar-refractivity contribution is -0.220. The van der Waals surface area contributed by atoms with E-state index >= 15 is 0 Å². The molecule has 0 N–H and O–H groups in total. The largest absolute Gasteiger partial charge is 0.461 e. The molecular formula is C30H46O5. The van der Waals surface area contributed by atoms with E-state index in [1.807, 2.05) is 27.7 Å². The van der Waals surface area contributed by atoms with Gasteiger partial charge in [0.25, 0.3) is 0 Å². The first kappa shape index (κ1) is 24.2. The van der Waals surface area contributed by atoms with Crippen LogP contribution >= 0.6 is 0 Å². The molecule has 3 atom stereocenters. The standard InChI is InChI=1S/C30H46O5/c1-5-28(3,4)26(31)35-25-23-9-22-10-24(25)16-30(14-22,15-23)27(32)34-18(2)33-17-29-11-19-6-20(12-29)8-21(7-19)13-29/h18-25H,5-17H2,1-4H3. The van der Waals surface area contributed by atoms with Crippen molar-refractivity contribution in [2.45, 2.75) is 117 Å². The van der Waals surface area contributed by atoms with Crippen molar-refractivity contribution >= 4 is 11.9 Å². The van der Waals surface area contributed by atoms with Crippen LogP contribution in [0.4, 0.5) is 0 Å². The molecule has 0 amide bonds. The van der Waals surface area contributed by atoms with E-state index in [4.69, 9.17) is 14.2 Å². The van der Waals surface area contributed by atoms with Gasteiger partial charge >= 0.3 is 11.9 Å². The Bertz CT molecular complexity index is 810. The molecule has 0 aromatic rings. The van der Waals surface area contributed by atoms with Gasteiger partial charge in [-0.15, -0.1) is 0 Å². The summed E-state index contributed by atoms with van der Waals surface area (Å²) in [6, 6.07) is 0. The van der Waals surface area contributed by atoms with Crippen LogP contribution in [0.1, 0.15) is 105 Å². The summed E-state index contributed by atoms with van der Waals surface area (Å²) < 4.78 is 18.4. The number of carbonyl (C=O) groups excluding carboxylic acids is 2. The number of ether oxygens (including phenoxy) is 3. The summed E-state index contributed by atoms with van der Waals surface area (Å²) in [5, 5.41) is 0. The van der Waals surface area contributed by atoms with Crippen LogP contribution in [-0.2, 0) is 23.8 Å². The third-order valence-electron chi connectivity index (χ3n) is 11.4. The lowest BCUT2D eigenvalue weighted by Gasteiger charge is -2.58. The predicted molar refractivity (Wildman–Crippen MR) is 132 cm³/mol. The molecular weight excluding hydrogens is 440 g/mol. The second kappa shape index (κ2) is 8.46. The zero-order valence-electron chi connectivity index (χ0n) is 22.4. The first-order valence-corrected chi connectivity index (χ1v) is 14.6. The molecule has 0 aliphatic heterocycles. The highest BCUT2D eigenvalue weighted by atomic mass is 16.7. The summed E-state index contributed by atoms with van der Waals surface area (Å²) >= 11 is 0. The molecule has 0 radical (unpaired) electrons. The molecule has 8 saturated carbocycles. The molecule has 0 aromatic heterocycles. The maximum Gasteiger partial charge on any atom is 0.314 e. The van der Waals surface area contributed by atoms with E-state index in [-0.39, 0.29) is 29.9 Å². The van der Waals surface area contributed by atoms with Crippen molar-refractivity contribution in [3.05, 3.63) is 0 Å². The molecule has 0 heterocycles. The zero-order chi connectivity index (χ0) is 24.6. The third-order valence-corrected chi connectivity index (χ3v) is 11.4. The van der Waals surface area contributed by atoms with Crippen LogP contribution in [0.2, 0.25) is 0 Å². The van der Waals surface area contributed by atoms with E-state index in [1.54, 1.807) is 0 Å². The molecule has 8 bridgehead atoms. The van der Waals surface area contributed by atoms with E-state index in [9.17, 15) is 9.59 Å². The maximum atomic E-state index is 13.6. The van der Waals surface area contributed by atoms with Gasteiger partial charge in [0.05, 0.1) is 17.4 Å². The van der Waals surface area contributed by atoms with Crippen molar-refractivity contribution < 1.29 is 23.8 Å². The summed E-state index contributed by atoms with van der Waals surface area (Å²) in [7, 11) is 0. The summed E-state index contributed by atoms with van der Waals surface area (Å²) in [5.74, 6) is 3.69. The van der Waals surface area contributed by atoms with E-state index in [2.05, 4.69) is 0 Å². The molecule has 8 aliphatic carbocycles. The van der Waals surface area contributed by atoms with Gasteiger partial charge in [0.15, 0.2) is 6.29 Å². The van der Waals surface area contributed by atoms with E-state index in [1.165, 1.54) is 38.5 Å². The Labute approximate surface area is 211 Å². The first-order chi connectivity index (χ1) is 16.6. The lowest BCUT2D eigenvalue weighted by atomic mass is 9.48. The Hall–Kier alpha value is -1.10. The van der Waals surface area contributed by atoms with Crippen molar-refractivity contribution in [1.82, 2.24) is 0 Å². The minimum atomic E-state index is -0.484. The Kier molecular flexibility index (Phi) is 5.86. The number of hydrogen-bond donors (Lipinski definition) is 0. The summed E-state index contributed by atoms with van der Waals surface area (Å²) in [6.45, 7) is 8.63. The normalized spacial score (nSPS) is 46.0. The number of esters is 2. The molecule has 8 rings (SSSR count). The number of carbonyl (C=O) groups is 2. The average molecular weight is 487 g/mol. The highest BCUT2D eigenvalue weighted by Crippen LogP contribution is 2.62. The fraction of sp³-hybridized carbons (Fsp3) is 0.933. The third kappa shape index (κ3) is 4.26. The van der Waals surface area contributed by atoms with Crippen molar-refractivity contribution in [3.8, 4) is 0 Å². The second-order valence-electron chi connectivity index (χ2n) is 14.6. The van der Waals surface area contributed by atoms with Crippen LogP contribution < -0.4 is 0 Å². The molecule has 0 saturated heterocycles. The van der Waals surface area contributed by atoms with Gasteiger partial charge in [0, 0.05) is 0 Å². The van der Waals surface area contributed by atoms with Crippen LogP contribution in [0.15, 0.2) is 0 Å². The minimum Gasteiger partial charge on any atom is -0.461 e. The molecule has 5 heteroatoms. The quantitative estimate of drug-likeness (QED) is 0.298. The van der Waals surface area contributed by atoms with Gasteiger partial charge in [0.1, 0.15) is 6.10 Å². The maximum absolute atomic E-state index is 13.6. The Morgan fingerprint density at radius 1 is 0.857 bits per heavy atom.